The van der Waals surface area contributed by atoms with Gasteiger partial charge in [-0.3, -0.25) is 14.5 Å². The van der Waals surface area contributed by atoms with Gasteiger partial charge in [0.2, 0.25) is 0 Å². The average molecular weight is 533 g/mol. The zero-order chi connectivity index (χ0) is 24.2. The highest BCUT2D eigenvalue weighted by Crippen LogP contribution is 2.40. The minimum Gasteiger partial charge on any atom is -0.507 e. The van der Waals surface area contributed by atoms with Gasteiger partial charge in [-0.1, -0.05) is 28.1 Å². The third-order valence-corrected chi connectivity index (χ3v) is 6.66. The van der Waals surface area contributed by atoms with Crippen LogP contribution in [-0.4, -0.2) is 73.1 Å². The highest BCUT2D eigenvalue weighted by Gasteiger charge is 2.45. The number of Topliss-reactive ketones (excluding diaryl/α,β-unsaturated/α-hetero) is 1. The normalized spacial score (nSPS) is 20.7. The van der Waals surface area contributed by atoms with Crippen molar-refractivity contribution in [1.29, 1.82) is 0 Å². The molecule has 1 N–H and O–H groups in total. The molecule has 0 bridgehead atoms. The molecule has 0 spiro atoms. The van der Waals surface area contributed by atoms with Gasteiger partial charge < -0.3 is 19.5 Å². The zero-order valence-corrected chi connectivity index (χ0v) is 20.4. The Morgan fingerprint density at radius 2 is 1.85 bits per heavy atom. The summed E-state index contributed by atoms with van der Waals surface area (Å²) in [7, 11) is 1.34. The lowest BCUT2D eigenvalue weighted by Gasteiger charge is -2.29. The largest absolute Gasteiger partial charge is 0.507 e. The summed E-state index contributed by atoms with van der Waals surface area (Å²) in [6, 6.07) is 10.4. The molecular formula is C25H26BrFN2O5. The van der Waals surface area contributed by atoms with Crippen molar-refractivity contribution in [3.05, 3.63) is 69.5 Å². The zero-order valence-electron chi connectivity index (χ0n) is 18.8. The number of amides is 1. The molecule has 0 aromatic heterocycles. The number of benzene rings is 2. The molecule has 1 amide bonds. The molecule has 0 saturated carbocycles. The molecule has 2 saturated heterocycles. The summed E-state index contributed by atoms with van der Waals surface area (Å²) in [5.74, 6) is -2.53. The quantitative estimate of drug-likeness (QED) is 0.332. The summed E-state index contributed by atoms with van der Waals surface area (Å²) in [5, 5.41) is 11.1. The van der Waals surface area contributed by atoms with Crippen LogP contribution in [0.15, 0.2) is 52.5 Å². The standard InChI is InChI=1S/C25H26BrFN2O5/c1-33-20-8-5-17(15-19(20)27)23(30)21-22(16-3-6-18(26)7-4-16)29(25(32)24(21)31)10-2-9-28-11-13-34-14-12-28/h3-8,15,22,30H,2,9-14H2,1H3/t22-/m1/s1. The molecule has 0 aliphatic carbocycles. The number of ketones is 1. The highest BCUT2D eigenvalue weighted by atomic mass is 79.9. The number of aliphatic hydroxyl groups excluding tert-OH is 1. The van der Waals surface area contributed by atoms with Gasteiger partial charge >= 0.3 is 0 Å². The molecule has 4 rings (SSSR count). The Balaban J connectivity index is 1.68. The van der Waals surface area contributed by atoms with Crippen molar-refractivity contribution in [2.45, 2.75) is 12.5 Å². The number of rotatable bonds is 7. The lowest BCUT2D eigenvalue weighted by molar-refractivity contribution is -0.140. The van der Waals surface area contributed by atoms with E-state index in [0.717, 1.165) is 30.2 Å². The van der Waals surface area contributed by atoms with Gasteiger partial charge in [0.1, 0.15) is 5.76 Å². The van der Waals surface area contributed by atoms with Crippen LogP contribution >= 0.6 is 15.9 Å². The second-order valence-corrected chi connectivity index (χ2v) is 9.12. The first-order chi connectivity index (χ1) is 16.4. The van der Waals surface area contributed by atoms with Gasteiger partial charge in [0, 0.05) is 36.2 Å². The maximum absolute atomic E-state index is 14.3. The number of carbonyl (C=O) groups is 2. The molecule has 2 aliphatic rings. The summed E-state index contributed by atoms with van der Waals surface area (Å²) in [6.45, 7) is 4.14. The Morgan fingerprint density at radius 1 is 1.15 bits per heavy atom. The minimum absolute atomic E-state index is 0.0181. The van der Waals surface area contributed by atoms with Crippen LogP contribution < -0.4 is 4.74 Å². The molecular weight excluding hydrogens is 507 g/mol. The van der Waals surface area contributed by atoms with E-state index >= 15 is 0 Å². The molecule has 2 fully saturated rings. The third-order valence-electron chi connectivity index (χ3n) is 6.13. The predicted molar refractivity (Wildman–Crippen MR) is 128 cm³/mol. The molecule has 1 atom stereocenters. The van der Waals surface area contributed by atoms with Crippen molar-refractivity contribution in [2.24, 2.45) is 0 Å². The van der Waals surface area contributed by atoms with Crippen molar-refractivity contribution in [1.82, 2.24) is 9.80 Å². The number of halogens is 2. The van der Waals surface area contributed by atoms with Crippen LogP contribution in [0, 0.1) is 5.82 Å². The Hall–Kier alpha value is -2.75. The van der Waals surface area contributed by atoms with Crippen molar-refractivity contribution < 1.29 is 28.6 Å². The van der Waals surface area contributed by atoms with E-state index in [0.29, 0.717) is 31.7 Å². The Labute approximate surface area is 205 Å². The maximum atomic E-state index is 14.3. The Bertz CT molecular complexity index is 1100. The number of nitrogens with zero attached hydrogens (tertiary/aromatic N) is 2. The lowest BCUT2D eigenvalue weighted by atomic mass is 9.95. The summed E-state index contributed by atoms with van der Waals surface area (Å²) < 4.78 is 25.5. The molecule has 0 unspecified atom stereocenters. The summed E-state index contributed by atoms with van der Waals surface area (Å²) in [4.78, 5) is 29.9. The van der Waals surface area contributed by atoms with Crippen LogP contribution in [0.5, 0.6) is 5.75 Å². The van der Waals surface area contributed by atoms with E-state index in [2.05, 4.69) is 20.8 Å². The smallest absolute Gasteiger partial charge is 0.295 e. The van der Waals surface area contributed by atoms with Crippen molar-refractivity contribution in [2.75, 3.05) is 46.5 Å². The van der Waals surface area contributed by atoms with E-state index < -0.39 is 29.3 Å². The number of methoxy groups -OCH3 is 1. The molecule has 180 valence electrons. The molecule has 2 aliphatic heterocycles. The van der Waals surface area contributed by atoms with Crippen molar-refractivity contribution >= 4 is 33.4 Å². The van der Waals surface area contributed by atoms with Gasteiger partial charge in [0.25, 0.3) is 11.7 Å². The van der Waals surface area contributed by atoms with E-state index in [1.165, 1.54) is 24.1 Å². The van der Waals surface area contributed by atoms with Crippen molar-refractivity contribution in [3.8, 4) is 5.75 Å². The molecule has 2 heterocycles. The topological polar surface area (TPSA) is 79.3 Å². The average Bonchev–Trinajstić information content (AvgIpc) is 3.09. The second kappa shape index (κ2) is 10.7. The number of carbonyl (C=O) groups excluding carboxylic acids is 2. The number of morpholine rings is 1. The first-order valence-corrected chi connectivity index (χ1v) is 11.9. The molecule has 34 heavy (non-hydrogen) atoms. The monoisotopic (exact) mass is 532 g/mol. The summed E-state index contributed by atoms with van der Waals surface area (Å²) in [5.41, 5.74) is 0.735. The van der Waals surface area contributed by atoms with E-state index in [1.807, 2.05) is 12.1 Å². The van der Waals surface area contributed by atoms with E-state index in [1.54, 1.807) is 12.1 Å². The summed E-state index contributed by atoms with van der Waals surface area (Å²) >= 11 is 3.40. The second-order valence-electron chi connectivity index (χ2n) is 8.20. The van der Waals surface area contributed by atoms with Crippen LogP contribution in [0.25, 0.3) is 5.76 Å². The molecule has 7 nitrogen and oxygen atoms in total. The number of hydrogen-bond acceptors (Lipinski definition) is 6. The van der Waals surface area contributed by atoms with E-state index in [-0.39, 0.29) is 16.9 Å². The van der Waals surface area contributed by atoms with Crippen LogP contribution in [0.3, 0.4) is 0 Å². The fourth-order valence-electron chi connectivity index (χ4n) is 4.36. The Morgan fingerprint density at radius 3 is 2.50 bits per heavy atom. The van der Waals surface area contributed by atoms with Crippen LogP contribution in [-0.2, 0) is 14.3 Å². The Kier molecular flexibility index (Phi) is 7.65. The number of likely N-dealkylation sites (tertiary alicyclic amines) is 1. The molecule has 0 radical (unpaired) electrons. The lowest BCUT2D eigenvalue weighted by Crippen LogP contribution is -2.38. The predicted octanol–water partition coefficient (Wildman–Crippen LogP) is 3.74. The van der Waals surface area contributed by atoms with E-state index in [4.69, 9.17) is 9.47 Å². The first-order valence-electron chi connectivity index (χ1n) is 11.1. The van der Waals surface area contributed by atoms with Gasteiger partial charge in [-0.2, -0.15) is 0 Å². The first kappa shape index (κ1) is 24.4. The van der Waals surface area contributed by atoms with Gasteiger partial charge in [0.05, 0.1) is 31.9 Å². The van der Waals surface area contributed by atoms with Crippen LogP contribution in [0.4, 0.5) is 4.39 Å². The summed E-state index contributed by atoms with van der Waals surface area (Å²) in [6.07, 6.45) is 0.664. The maximum Gasteiger partial charge on any atom is 0.295 e. The molecule has 2 aromatic carbocycles. The molecule has 9 heteroatoms. The third kappa shape index (κ3) is 5.01. The van der Waals surface area contributed by atoms with Crippen LogP contribution in [0.1, 0.15) is 23.6 Å². The number of ether oxygens (including phenoxy) is 2. The fourth-order valence-corrected chi connectivity index (χ4v) is 4.63. The van der Waals surface area contributed by atoms with Crippen LogP contribution in [0.2, 0.25) is 0 Å². The highest BCUT2D eigenvalue weighted by molar-refractivity contribution is 9.10. The fraction of sp³-hybridized carbons (Fsp3) is 0.360. The van der Waals surface area contributed by atoms with Gasteiger partial charge in [-0.15, -0.1) is 0 Å². The van der Waals surface area contributed by atoms with Crippen molar-refractivity contribution in [3.63, 3.8) is 0 Å². The molecule has 2 aromatic rings. The van der Waals surface area contributed by atoms with E-state index in [9.17, 15) is 19.1 Å². The van der Waals surface area contributed by atoms with Gasteiger partial charge in [-0.05, 0) is 42.3 Å². The van der Waals surface area contributed by atoms with Gasteiger partial charge in [-0.25, -0.2) is 4.39 Å². The SMILES string of the molecule is COc1ccc(C(O)=C2C(=O)C(=O)N(CCCN3CCOCC3)[C@@H]2c2ccc(Br)cc2)cc1F. The number of aliphatic hydroxyl groups is 1. The number of hydrogen-bond donors (Lipinski definition) is 1. The van der Waals surface area contributed by atoms with Gasteiger partial charge in [0.15, 0.2) is 11.6 Å². The minimum atomic E-state index is -0.784.